The molecule has 0 aliphatic rings. The summed E-state index contributed by atoms with van der Waals surface area (Å²) in [7, 11) is -4.38. The first kappa shape index (κ1) is 15.6. The topological polar surface area (TPSA) is 104 Å². The van der Waals surface area contributed by atoms with Gasteiger partial charge in [0, 0.05) is 11.6 Å². The average molecular weight is 321 g/mol. The Labute approximate surface area is 126 Å². The lowest BCUT2D eigenvalue weighted by atomic mass is 10.1. The van der Waals surface area contributed by atoms with Crippen molar-refractivity contribution in [2.24, 2.45) is 0 Å². The Bertz CT molecular complexity index is 844. The lowest BCUT2D eigenvalue weighted by molar-refractivity contribution is -0.387. The number of rotatable bonds is 5. The van der Waals surface area contributed by atoms with Gasteiger partial charge >= 0.3 is 10.1 Å². The number of nitro groups is 1. The van der Waals surface area contributed by atoms with Gasteiger partial charge in [-0.05, 0) is 25.1 Å². The third-order valence-corrected chi connectivity index (χ3v) is 4.07. The summed E-state index contributed by atoms with van der Waals surface area (Å²) in [6.45, 7) is 1.33. The second kappa shape index (κ2) is 5.94. The molecule has 0 radical (unpaired) electrons. The van der Waals surface area contributed by atoms with Gasteiger partial charge in [-0.25, -0.2) is 0 Å². The maximum atomic E-state index is 12.2. The molecule has 0 saturated heterocycles. The lowest BCUT2D eigenvalue weighted by Crippen LogP contribution is -2.12. The molecule has 2 rings (SSSR count). The van der Waals surface area contributed by atoms with Gasteiger partial charge in [-0.15, -0.1) is 0 Å². The molecule has 0 aromatic heterocycles. The van der Waals surface area contributed by atoms with Crippen molar-refractivity contribution in [2.45, 2.75) is 11.8 Å². The highest BCUT2D eigenvalue weighted by Crippen LogP contribution is 2.26. The number of carbonyl (C=O) groups excluding carboxylic acids is 1. The minimum absolute atomic E-state index is 0.0918. The number of nitrogens with zero attached hydrogens (tertiary/aromatic N) is 1. The van der Waals surface area contributed by atoms with E-state index in [2.05, 4.69) is 0 Å². The first-order chi connectivity index (χ1) is 10.3. The summed E-state index contributed by atoms with van der Waals surface area (Å²) in [4.78, 5) is 20.8. The molecule has 8 heteroatoms. The van der Waals surface area contributed by atoms with Crippen LogP contribution in [-0.4, -0.2) is 19.1 Å². The first-order valence-corrected chi connectivity index (χ1v) is 7.51. The standard InChI is InChI=1S/C14H11NO6S/c1-10(16)11-5-4-6-12(9-11)21-22(19,20)14-8-3-2-7-13(14)15(17)18/h2-9H,1H3. The average Bonchev–Trinajstić information content (AvgIpc) is 2.47. The van der Waals surface area contributed by atoms with Crippen LogP contribution in [0.5, 0.6) is 5.75 Å². The van der Waals surface area contributed by atoms with E-state index in [1.807, 2.05) is 0 Å². The maximum Gasteiger partial charge on any atom is 0.346 e. The zero-order valence-electron chi connectivity index (χ0n) is 11.4. The Morgan fingerprint density at radius 3 is 2.45 bits per heavy atom. The smallest absolute Gasteiger partial charge is 0.346 e. The van der Waals surface area contributed by atoms with E-state index in [-0.39, 0.29) is 17.1 Å². The first-order valence-electron chi connectivity index (χ1n) is 6.10. The number of carbonyl (C=O) groups is 1. The van der Waals surface area contributed by atoms with Crippen molar-refractivity contribution in [2.75, 3.05) is 0 Å². The molecule has 22 heavy (non-hydrogen) atoms. The van der Waals surface area contributed by atoms with Crippen LogP contribution in [0, 0.1) is 10.1 Å². The number of para-hydroxylation sites is 1. The fourth-order valence-electron chi connectivity index (χ4n) is 1.76. The van der Waals surface area contributed by atoms with Crippen molar-refractivity contribution in [1.29, 1.82) is 0 Å². The monoisotopic (exact) mass is 321 g/mol. The second-order valence-corrected chi connectivity index (χ2v) is 5.86. The Morgan fingerprint density at radius 1 is 1.14 bits per heavy atom. The zero-order chi connectivity index (χ0) is 16.3. The molecule has 0 spiro atoms. The number of Topliss-reactive ketones (excluding diaryl/α,β-unsaturated/α-hetero) is 1. The van der Waals surface area contributed by atoms with Gasteiger partial charge in [-0.1, -0.05) is 24.3 Å². The van der Waals surface area contributed by atoms with E-state index in [1.165, 1.54) is 43.3 Å². The normalized spacial score (nSPS) is 11.0. The molecule has 2 aromatic carbocycles. The fraction of sp³-hybridized carbons (Fsp3) is 0.0714. The molecule has 0 aliphatic heterocycles. The molecule has 0 heterocycles. The molecule has 0 unspecified atom stereocenters. The van der Waals surface area contributed by atoms with Crippen LogP contribution in [0.25, 0.3) is 0 Å². The predicted octanol–water partition coefficient (Wildman–Crippen LogP) is 2.57. The minimum Gasteiger partial charge on any atom is -0.379 e. The quantitative estimate of drug-likeness (QED) is 0.363. The van der Waals surface area contributed by atoms with Crippen LogP contribution < -0.4 is 4.18 Å². The van der Waals surface area contributed by atoms with Crippen molar-refractivity contribution in [3.63, 3.8) is 0 Å². The molecule has 7 nitrogen and oxygen atoms in total. The van der Waals surface area contributed by atoms with Crippen LogP contribution in [0.1, 0.15) is 17.3 Å². The van der Waals surface area contributed by atoms with Crippen LogP contribution in [0.4, 0.5) is 5.69 Å². The molecule has 0 bridgehead atoms. The molecule has 0 saturated carbocycles. The van der Waals surface area contributed by atoms with Gasteiger partial charge in [0.2, 0.25) is 0 Å². The van der Waals surface area contributed by atoms with Gasteiger partial charge in [-0.2, -0.15) is 8.42 Å². The third kappa shape index (κ3) is 3.29. The summed E-state index contributed by atoms with van der Waals surface area (Å²) in [5, 5.41) is 10.9. The maximum absolute atomic E-state index is 12.2. The summed E-state index contributed by atoms with van der Waals surface area (Å²) in [5.74, 6) is -0.348. The van der Waals surface area contributed by atoms with E-state index in [9.17, 15) is 23.3 Å². The Hall–Kier alpha value is -2.74. The summed E-state index contributed by atoms with van der Waals surface area (Å²) < 4.78 is 29.3. The van der Waals surface area contributed by atoms with Crippen molar-refractivity contribution in [3.05, 3.63) is 64.2 Å². The Kier molecular flexibility index (Phi) is 4.22. The summed E-state index contributed by atoms with van der Waals surface area (Å²) in [6.07, 6.45) is 0. The van der Waals surface area contributed by atoms with Gasteiger partial charge in [0.1, 0.15) is 5.75 Å². The van der Waals surface area contributed by atoms with Gasteiger partial charge < -0.3 is 4.18 Å². The van der Waals surface area contributed by atoms with E-state index < -0.39 is 25.6 Å². The molecular formula is C14H11NO6S. The van der Waals surface area contributed by atoms with Crippen LogP contribution in [0.15, 0.2) is 53.4 Å². The highest BCUT2D eigenvalue weighted by atomic mass is 32.2. The largest absolute Gasteiger partial charge is 0.379 e. The van der Waals surface area contributed by atoms with Crippen LogP contribution in [-0.2, 0) is 10.1 Å². The molecule has 0 N–H and O–H groups in total. The number of hydrogen-bond donors (Lipinski definition) is 0. The summed E-state index contributed by atoms with van der Waals surface area (Å²) in [5.41, 5.74) is -0.305. The molecule has 0 fully saturated rings. The van der Waals surface area contributed by atoms with E-state index in [1.54, 1.807) is 0 Å². The lowest BCUT2D eigenvalue weighted by Gasteiger charge is -2.08. The number of nitro benzene ring substituents is 1. The van der Waals surface area contributed by atoms with Crippen molar-refractivity contribution in [3.8, 4) is 5.75 Å². The molecule has 114 valence electrons. The Morgan fingerprint density at radius 2 is 1.82 bits per heavy atom. The van der Waals surface area contributed by atoms with E-state index in [0.717, 1.165) is 12.1 Å². The van der Waals surface area contributed by atoms with Gasteiger partial charge in [-0.3, -0.25) is 14.9 Å². The molecular weight excluding hydrogens is 310 g/mol. The van der Waals surface area contributed by atoms with E-state index in [0.29, 0.717) is 0 Å². The van der Waals surface area contributed by atoms with Crippen molar-refractivity contribution < 1.29 is 22.3 Å². The van der Waals surface area contributed by atoms with Crippen LogP contribution >= 0.6 is 0 Å². The molecule has 0 atom stereocenters. The van der Waals surface area contributed by atoms with Gasteiger partial charge in [0.15, 0.2) is 10.7 Å². The third-order valence-electron chi connectivity index (χ3n) is 2.78. The molecule has 0 amide bonds. The summed E-state index contributed by atoms with van der Waals surface area (Å²) in [6, 6.07) is 10.4. The Balaban J connectivity index is 2.43. The predicted molar refractivity (Wildman–Crippen MR) is 77.4 cm³/mol. The number of benzene rings is 2. The minimum atomic E-state index is -4.38. The van der Waals surface area contributed by atoms with Gasteiger partial charge in [0.05, 0.1) is 4.92 Å². The zero-order valence-corrected chi connectivity index (χ0v) is 12.2. The van der Waals surface area contributed by atoms with Crippen LogP contribution in [0.3, 0.4) is 0 Å². The second-order valence-electron chi connectivity index (χ2n) is 4.35. The van der Waals surface area contributed by atoms with E-state index in [4.69, 9.17) is 4.18 Å². The van der Waals surface area contributed by atoms with Crippen LogP contribution in [0.2, 0.25) is 0 Å². The van der Waals surface area contributed by atoms with E-state index >= 15 is 0 Å². The highest BCUT2D eigenvalue weighted by molar-refractivity contribution is 7.87. The van der Waals surface area contributed by atoms with Crippen molar-refractivity contribution in [1.82, 2.24) is 0 Å². The summed E-state index contributed by atoms with van der Waals surface area (Å²) >= 11 is 0. The molecule has 2 aromatic rings. The van der Waals surface area contributed by atoms with Crippen molar-refractivity contribution >= 4 is 21.6 Å². The highest BCUT2D eigenvalue weighted by Gasteiger charge is 2.27. The molecule has 0 aliphatic carbocycles. The fourth-order valence-corrected chi connectivity index (χ4v) is 2.85. The number of hydrogen-bond acceptors (Lipinski definition) is 6. The SMILES string of the molecule is CC(=O)c1cccc(OS(=O)(=O)c2ccccc2[N+](=O)[O-])c1. The van der Waals surface area contributed by atoms with Gasteiger partial charge in [0.25, 0.3) is 5.69 Å². The number of ketones is 1.